The van der Waals surface area contributed by atoms with Crippen LogP contribution in [-0.4, -0.2) is 39.3 Å². The lowest BCUT2D eigenvalue weighted by atomic mass is 10.1. The van der Waals surface area contributed by atoms with Crippen LogP contribution in [0.2, 0.25) is 0 Å². The molecule has 5 heteroatoms. The molecule has 0 aliphatic carbocycles. The van der Waals surface area contributed by atoms with Crippen LogP contribution < -0.4 is 15.5 Å². The molecule has 1 heterocycles. The third-order valence-corrected chi connectivity index (χ3v) is 4.53. The van der Waals surface area contributed by atoms with E-state index in [2.05, 4.69) is 41.0 Å². The van der Waals surface area contributed by atoms with E-state index < -0.39 is 0 Å². The van der Waals surface area contributed by atoms with Gasteiger partial charge in [0.2, 0.25) is 0 Å². The molecule has 2 aromatic carbocycles. The van der Waals surface area contributed by atoms with Crippen molar-refractivity contribution in [1.29, 1.82) is 0 Å². The van der Waals surface area contributed by atoms with Gasteiger partial charge in [-0.25, -0.2) is 4.79 Å². The van der Waals surface area contributed by atoms with Gasteiger partial charge in [0.15, 0.2) is 0 Å². The van der Waals surface area contributed by atoms with E-state index in [1.807, 2.05) is 6.07 Å². The highest BCUT2D eigenvalue weighted by Gasteiger charge is 2.20. The Bertz CT molecular complexity index is 737. The van der Waals surface area contributed by atoms with Crippen molar-refractivity contribution in [3.8, 4) is 0 Å². The van der Waals surface area contributed by atoms with Gasteiger partial charge < -0.3 is 20.3 Å². The van der Waals surface area contributed by atoms with Gasteiger partial charge in [0.05, 0.1) is 24.0 Å². The fourth-order valence-corrected chi connectivity index (χ4v) is 3.19. The normalized spacial score (nSPS) is 14.6. The fourth-order valence-electron chi connectivity index (χ4n) is 3.19. The van der Waals surface area contributed by atoms with E-state index in [4.69, 9.17) is 10.5 Å². The summed E-state index contributed by atoms with van der Waals surface area (Å²) in [5, 5.41) is 0. The number of para-hydroxylation sites is 1. The Hall–Kier alpha value is -2.69. The van der Waals surface area contributed by atoms with Crippen molar-refractivity contribution >= 4 is 23.0 Å². The SMILES string of the molecule is COC(=O)c1ccc(N2CCN(c3ccccc3C)CC2)c(N)c1. The number of nitrogens with zero attached hydrogens (tertiary/aromatic N) is 2. The zero-order valence-corrected chi connectivity index (χ0v) is 14.2. The molecule has 1 saturated heterocycles. The second kappa shape index (κ2) is 6.83. The standard InChI is InChI=1S/C19H23N3O2/c1-14-5-3-4-6-17(14)21-9-11-22(12-10-21)18-8-7-15(13-16(18)20)19(23)24-2/h3-8,13H,9-12,20H2,1-2H3. The summed E-state index contributed by atoms with van der Waals surface area (Å²) < 4.78 is 4.74. The van der Waals surface area contributed by atoms with Crippen LogP contribution in [0, 0.1) is 6.92 Å². The Kier molecular flexibility index (Phi) is 4.60. The first-order valence-electron chi connectivity index (χ1n) is 8.13. The second-order valence-corrected chi connectivity index (χ2v) is 6.03. The molecule has 1 aliphatic rings. The predicted octanol–water partition coefficient (Wildman–Crippen LogP) is 2.69. The Morgan fingerprint density at radius 2 is 1.62 bits per heavy atom. The van der Waals surface area contributed by atoms with E-state index in [-0.39, 0.29) is 5.97 Å². The number of nitrogen functional groups attached to an aromatic ring is 1. The molecule has 0 bridgehead atoms. The predicted molar refractivity (Wildman–Crippen MR) is 97.8 cm³/mol. The summed E-state index contributed by atoms with van der Waals surface area (Å²) in [6.07, 6.45) is 0. The lowest BCUT2D eigenvalue weighted by Crippen LogP contribution is -2.47. The van der Waals surface area contributed by atoms with Gasteiger partial charge in [0.1, 0.15) is 0 Å². The van der Waals surface area contributed by atoms with E-state index in [9.17, 15) is 4.79 Å². The first kappa shape index (κ1) is 16.2. The zero-order valence-electron chi connectivity index (χ0n) is 14.2. The molecule has 0 aromatic heterocycles. The maximum Gasteiger partial charge on any atom is 0.337 e. The number of ether oxygens (including phenoxy) is 1. The number of piperazine rings is 1. The average molecular weight is 325 g/mol. The van der Waals surface area contributed by atoms with Crippen molar-refractivity contribution in [3.63, 3.8) is 0 Å². The molecular formula is C19H23N3O2. The first-order valence-corrected chi connectivity index (χ1v) is 8.13. The molecule has 3 rings (SSSR count). The van der Waals surface area contributed by atoms with E-state index in [0.717, 1.165) is 31.9 Å². The number of benzene rings is 2. The number of rotatable bonds is 3. The summed E-state index contributed by atoms with van der Waals surface area (Å²) in [7, 11) is 1.37. The third kappa shape index (κ3) is 3.15. The molecule has 2 aromatic rings. The number of aryl methyl sites for hydroxylation is 1. The van der Waals surface area contributed by atoms with Crippen LogP contribution in [0.3, 0.4) is 0 Å². The Balaban J connectivity index is 1.71. The Labute approximate surface area is 142 Å². The summed E-state index contributed by atoms with van der Waals surface area (Å²) in [6, 6.07) is 13.8. The maximum atomic E-state index is 11.6. The van der Waals surface area contributed by atoms with Crippen LogP contribution in [0.4, 0.5) is 17.1 Å². The number of methoxy groups -OCH3 is 1. The Morgan fingerprint density at radius 3 is 2.21 bits per heavy atom. The molecule has 0 atom stereocenters. The molecule has 126 valence electrons. The third-order valence-electron chi connectivity index (χ3n) is 4.53. The van der Waals surface area contributed by atoms with Gasteiger partial charge in [0.25, 0.3) is 0 Å². The van der Waals surface area contributed by atoms with Gasteiger partial charge in [-0.05, 0) is 36.8 Å². The Morgan fingerprint density at radius 1 is 1.00 bits per heavy atom. The highest BCUT2D eigenvalue weighted by Crippen LogP contribution is 2.27. The van der Waals surface area contributed by atoms with E-state index in [0.29, 0.717) is 11.3 Å². The van der Waals surface area contributed by atoms with Gasteiger partial charge >= 0.3 is 5.97 Å². The van der Waals surface area contributed by atoms with Crippen molar-refractivity contribution in [3.05, 3.63) is 53.6 Å². The minimum Gasteiger partial charge on any atom is -0.465 e. The largest absolute Gasteiger partial charge is 0.465 e. The van der Waals surface area contributed by atoms with E-state index >= 15 is 0 Å². The number of anilines is 3. The number of carbonyl (C=O) groups excluding carboxylic acids is 1. The van der Waals surface area contributed by atoms with Crippen LogP contribution >= 0.6 is 0 Å². The molecule has 1 fully saturated rings. The summed E-state index contributed by atoms with van der Waals surface area (Å²) in [5.74, 6) is -0.363. The topological polar surface area (TPSA) is 58.8 Å². The molecule has 0 radical (unpaired) electrons. The minimum atomic E-state index is -0.363. The monoisotopic (exact) mass is 325 g/mol. The van der Waals surface area contributed by atoms with E-state index in [1.54, 1.807) is 12.1 Å². The first-order chi connectivity index (χ1) is 11.6. The molecule has 0 amide bonds. The summed E-state index contributed by atoms with van der Waals surface area (Å²) >= 11 is 0. The summed E-state index contributed by atoms with van der Waals surface area (Å²) in [6.45, 7) is 5.84. The maximum absolute atomic E-state index is 11.6. The molecule has 24 heavy (non-hydrogen) atoms. The molecule has 0 spiro atoms. The van der Waals surface area contributed by atoms with Crippen LogP contribution in [0.15, 0.2) is 42.5 Å². The van der Waals surface area contributed by atoms with Gasteiger partial charge in [0, 0.05) is 31.9 Å². The van der Waals surface area contributed by atoms with Crippen LogP contribution in [-0.2, 0) is 4.74 Å². The molecule has 5 nitrogen and oxygen atoms in total. The van der Waals surface area contributed by atoms with Crippen molar-refractivity contribution in [2.75, 3.05) is 48.8 Å². The number of nitrogens with two attached hydrogens (primary N) is 1. The van der Waals surface area contributed by atoms with Crippen LogP contribution in [0.25, 0.3) is 0 Å². The van der Waals surface area contributed by atoms with Crippen molar-refractivity contribution in [2.24, 2.45) is 0 Å². The van der Waals surface area contributed by atoms with Gasteiger partial charge in [-0.2, -0.15) is 0 Å². The lowest BCUT2D eigenvalue weighted by Gasteiger charge is -2.38. The molecule has 0 saturated carbocycles. The second-order valence-electron chi connectivity index (χ2n) is 6.03. The molecule has 1 aliphatic heterocycles. The van der Waals surface area contributed by atoms with Gasteiger partial charge in [-0.3, -0.25) is 0 Å². The highest BCUT2D eigenvalue weighted by atomic mass is 16.5. The summed E-state index contributed by atoms with van der Waals surface area (Å²) in [4.78, 5) is 16.3. The average Bonchev–Trinajstić information content (AvgIpc) is 2.61. The van der Waals surface area contributed by atoms with Gasteiger partial charge in [-0.1, -0.05) is 18.2 Å². The number of hydrogen-bond donors (Lipinski definition) is 1. The van der Waals surface area contributed by atoms with E-state index in [1.165, 1.54) is 18.4 Å². The molecular weight excluding hydrogens is 302 g/mol. The lowest BCUT2D eigenvalue weighted by molar-refractivity contribution is 0.0601. The molecule has 0 unspecified atom stereocenters. The number of esters is 1. The van der Waals surface area contributed by atoms with Crippen molar-refractivity contribution in [2.45, 2.75) is 6.92 Å². The zero-order chi connectivity index (χ0) is 17.1. The number of carbonyl (C=O) groups is 1. The number of hydrogen-bond acceptors (Lipinski definition) is 5. The van der Waals surface area contributed by atoms with Crippen LogP contribution in [0.1, 0.15) is 15.9 Å². The van der Waals surface area contributed by atoms with Crippen LogP contribution in [0.5, 0.6) is 0 Å². The van der Waals surface area contributed by atoms with Crippen molar-refractivity contribution in [1.82, 2.24) is 0 Å². The minimum absolute atomic E-state index is 0.363. The highest BCUT2D eigenvalue weighted by molar-refractivity contribution is 5.92. The van der Waals surface area contributed by atoms with Crippen molar-refractivity contribution < 1.29 is 9.53 Å². The smallest absolute Gasteiger partial charge is 0.337 e. The van der Waals surface area contributed by atoms with Gasteiger partial charge in [-0.15, -0.1) is 0 Å². The fraction of sp³-hybridized carbons (Fsp3) is 0.316. The summed E-state index contributed by atoms with van der Waals surface area (Å²) in [5.41, 5.74) is 10.8. The molecule has 2 N–H and O–H groups in total. The quantitative estimate of drug-likeness (QED) is 0.694.